The molecule has 4 aromatic rings. The first-order valence-electron chi connectivity index (χ1n) is 10.3. The number of fused-ring (bicyclic) bond motifs is 2. The van der Waals surface area contributed by atoms with Crippen molar-refractivity contribution in [3.05, 3.63) is 30.5 Å². The second-order valence-electron chi connectivity index (χ2n) is 7.34. The number of aromatic amines is 1. The zero-order valence-corrected chi connectivity index (χ0v) is 17.8. The van der Waals surface area contributed by atoms with E-state index in [1.54, 1.807) is 26.9 Å². The Balaban J connectivity index is 1.44. The van der Waals surface area contributed by atoms with Crippen molar-refractivity contribution >= 4 is 33.6 Å². The lowest BCUT2D eigenvalue weighted by Crippen LogP contribution is -2.47. The van der Waals surface area contributed by atoms with Gasteiger partial charge in [0, 0.05) is 37.6 Å². The van der Waals surface area contributed by atoms with Crippen molar-refractivity contribution in [2.45, 2.75) is 13.3 Å². The van der Waals surface area contributed by atoms with Crippen molar-refractivity contribution in [2.75, 3.05) is 50.2 Å². The van der Waals surface area contributed by atoms with Crippen LogP contribution >= 0.6 is 0 Å². The Morgan fingerprint density at radius 1 is 0.871 bits per heavy atom. The molecule has 0 amide bonds. The van der Waals surface area contributed by atoms with E-state index < -0.39 is 0 Å². The van der Waals surface area contributed by atoms with Crippen LogP contribution in [-0.4, -0.2) is 70.5 Å². The van der Waals surface area contributed by atoms with E-state index in [4.69, 9.17) is 9.47 Å². The summed E-state index contributed by atoms with van der Waals surface area (Å²) in [5.41, 5.74) is 2.61. The van der Waals surface area contributed by atoms with E-state index in [1.807, 2.05) is 12.1 Å². The molecule has 31 heavy (non-hydrogen) atoms. The fraction of sp³-hybridized carbons (Fsp3) is 0.381. The summed E-state index contributed by atoms with van der Waals surface area (Å²) in [5.74, 6) is 3.16. The molecule has 1 aromatic carbocycles. The number of nitrogens with one attached hydrogen (secondary N) is 1. The summed E-state index contributed by atoms with van der Waals surface area (Å²) in [6.45, 7) is 5.35. The number of ether oxygens (including phenoxy) is 2. The number of piperazine rings is 1. The van der Waals surface area contributed by atoms with Gasteiger partial charge in [-0.25, -0.2) is 19.9 Å². The molecule has 1 aliphatic heterocycles. The van der Waals surface area contributed by atoms with Crippen LogP contribution in [0.3, 0.4) is 0 Å². The van der Waals surface area contributed by atoms with E-state index >= 15 is 0 Å². The highest BCUT2D eigenvalue weighted by Gasteiger charge is 2.24. The molecule has 4 heterocycles. The minimum Gasteiger partial charge on any atom is -0.493 e. The number of anilines is 2. The number of aromatic nitrogens is 6. The van der Waals surface area contributed by atoms with Crippen molar-refractivity contribution in [1.29, 1.82) is 0 Å². The minimum absolute atomic E-state index is 0.657. The maximum absolute atomic E-state index is 5.49. The monoisotopic (exact) mass is 420 g/mol. The van der Waals surface area contributed by atoms with Gasteiger partial charge in [0.15, 0.2) is 17.1 Å². The summed E-state index contributed by atoms with van der Waals surface area (Å²) in [7, 11) is 3.26. The molecular weight excluding hydrogens is 396 g/mol. The smallest absolute Gasteiger partial charge is 0.162 e. The van der Waals surface area contributed by atoms with Crippen LogP contribution in [0.4, 0.5) is 11.6 Å². The first-order valence-corrected chi connectivity index (χ1v) is 10.3. The third kappa shape index (κ3) is 3.24. The standard InChI is InChI=1S/C21H24N8O2/c1-4-14-18-19(27-26-14)23-12-25-21(18)29-7-5-28(6-8-29)20-13-9-16(30-2)17(31-3)10-15(13)22-11-24-20/h9-12H,4-8H2,1-3H3,(H,23,25,26,27). The molecular formula is C21H24N8O2. The zero-order valence-electron chi connectivity index (χ0n) is 17.8. The van der Waals surface area contributed by atoms with Crippen LogP contribution in [0.5, 0.6) is 11.5 Å². The van der Waals surface area contributed by atoms with Gasteiger partial charge in [-0.2, -0.15) is 5.10 Å². The van der Waals surface area contributed by atoms with Gasteiger partial charge >= 0.3 is 0 Å². The summed E-state index contributed by atoms with van der Waals surface area (Å²) in [6, 6.07) is 3.83. The zero-order chi connectivity index (χ0) is 21.4. The van der Waals surface area contributed by atoms with Gasteiger partial charge in [-0.05, 0) is 12.5 Å². The number of H-pyrrole nitrogens is 1. The van der Waals surface area contributed by atoms with E-state index in [-0.39, 0.29) is 0 Å². The molecule has 160 valence electrons. The predicted molar refractivity (Wildman–Crippen MR) is 118 cm³/mol. The molecule has 10 heteroatoms. The first kappa shape index (κ1) is 19.3. The van der Waals surface area contributed by atoms with Gasteiger partial charge in [0.25, 0.3) is 0 Å². The van der Waals surface area contributed by atoms with E-state index in [1.165, 1.54) is 0 Å². The quantitative estimate of drug-likeness (QED) is 0.520. The van der Waals surface area contributed by atoms with Crippen molar-refractivity contribution in [2.24, 2.45) is 0 Å². The summed E-state index contributed by atoms with van der Waals surface area (Å²) < 4.78 is 10.9. The lowest BCUT2D eigenvalue weighted by molar-refractivity contribution is 0.356. The second kappa shape index (κ2) is 7.86. The van der Waals surface area contributed by atoms with Crippen molar-refractivity contribution in [3.8, 4) is 11.5 Å². The van der Waals surface area contributed by atoms with Crippen LogP contribution in [-0.2, 0) is 6.42 Å². The Hall–Kier alpha value is -3.69. The van der Waals surface area contributed by atoms with E-state index in [2.05, 4.69) is 46.9 Å². The number of rotatable bonds is 5. The molecule has 10 nitrogen and oxygen atoms in total. The third-order valence-corrected chi connectivity index (χ3v) is 5.75. The molecule has 0 aliphatic carbocycles. The molecule has 0 bridgehead atoms. The molecule has 1 fully saturated rings. The van der Waals surface area contributed by atoms with Gasteiger partial charge in [0.05, 0.1) is 30.8 Å². The van der Waals surface area contributed by atoms with Crippen molar-refractivity contribution < 1.29 is 9.47 Å². The molecule has 0 atom stereocenters. The van der Waals surface area contributed by atoms with Crippen LogP contribution < -0.4 is 19.3 Å². The fourth-order valence-corrected chi connectivity index (χ4v) is 4.15. The number of hydrogen-bond acceptors (Lipinski definition) is 9. The number of aryl methyl sites for hydroxylation is 1. The maximum Gasteiger partial charge on any atom is 0.162 e. The number of hydrogen-bond donors (Lipinski definition) is 1. The first-order chi connectivity index (χ1) is 15.2. The number of benzene rings is 1. The van der Waals surface area contributed by atoms with Gasteiger partial charge in [-0.15, -0.1) is 0 Å². The third-order valence-electron chi connectivity index (χ3n) is 5.75. The summed E-state index contributed by atoms with van der Waals surface area (Å²) in [4.78, 5) is 22.5. The minimum atomic E-state index is 0.657. The molecule has 1 aliphatic rings. The van der Waals surface area contributed by atoms with Crippen molar-refractivity contribution in [3.63, 3.8) is 0 Å². The highest BCUT2D eigenvalue weighted by molar-refractivity contribution is 5.92. The average molecular weight is 420 g/mol. The Kier molecular flexibility index (Phi) is 4.89. The van der Waals surface area contributed by atoms with Crippen LogP contribution in [0.25, 0.3) is 21.9 Å². The summed E-state index contributed by atoms with van der Waals surface area (Å²) >= 11 is 0. The van der Waals surface area contributed by atoms with E-state index in [0.29, 0.717) is 11.5 Å². The lowest BCUT2D eigenvalue weighted by Gasteiger charge is -2.36. The summed E-state index contributed by atoms with van der Waals surface area (Å²) in [6.07, 6.45) is 4.03. The molecule has 1 saturated heterocycles. The normalized spacial score (nSPS) is 14.4. The second-order valence-corrected chi connectivity index (χ2v) is 7.34. The van der Waals surface area contributed by atoms with Gasteiger partial charge in [-0.1, -0.05) is 6.92 Å². The Morgan fingerprint density at radius 2 is 1.52 bits per heavy atom. The topological polar surface area (TPSA) is 105 Å². The Bertz CT molecular complexity index is 1230. The molecule has 5 rings (SSSR count). The lowest BCUT2D eigenvalue weighted by atomic mass is 10.1. The molecule has 0 unspecified atom stereocenters. The molecule has 1 N–H and O–H groups in total. The van der Waals surface area contributed by atoms with Crippen LogP contribution in [0.1, 0.15) is 12.6 Å². The van der Waals surface area contributed by atoms with Gasteiger partial charge in [-0.3, -0.25) is 5.10 Å². The van der Waals surface area contributed by atoms with E-state index in [0.717, 1.165) is 71.9 Å². The van der Waals surface area contributed by atoms with Gasteiger partial charge in [0.1, 0.15) is 24.3 Å². The van der Waals surface area contributed by atoms with Gasteiger partial charge < -0.3 is 19.3 Å². The summed E-state index contributed by atoms with van der Waals surface area (Å²) in [5, 5.41) is 9.37. The maximum atomic E-state index is 5.49. The largest absolute Gasteiger partial charge is 0.493 e. The van der Waals surface area contributed by atoms with E-state index in [9.17, 15) is 0 Å². The highest BCUT2D eigenvalue weighted by Crippen LogP contribution is 2.35. The SMILES string of the molecule is CCc1n[nH]c2ncnc(N3CCN(c4ncnc5cc(OC)c(OC)cc45)CC3)c12. The number of methoxy groups -OCH3 is 2. The molecule has 0 radical (unpaired) electrons. The molecule has 3 aromatic heterocycles. The highest BCUT2D eigenvalue weighted by atomic mass is 16.5. The van der Waals surface area contributed by atoms with Crippen LogP contribution in [0.15, 0.2) is 24.8 Å². The predicted octanol–water partition coefficient (Wildman–Crippen LogP) is 2.20. The molecule has 0 saturated carbocycles. The average Bonchev–Trinajstić information content (AvgIpc) is 3.26. The molecule has 0 spiro atoms. The van der Waals surface area contributed by atoms with Gasteiger partial charge in [0.2, 0.25) is 0 Å². The fourth-order valence-electron chi connectivity index (χ4n) is 4.15. The Labute approximate surface area is 179 Å². The van der Waals surface area contributed by atoms with Crippen molar-refractivity contribution in [1.82, 2.24) is 30.1 Å². The number of nitrogens with zero attached hydrogens (tertiary/aromatic N) is 7. The van der Waals surface area contributed by atoms with Crippen LogP contribution in [0, 0.1) is 0 Å². The Morgan fingerprint density at radius 3 is 2.23 bits per heavy atom. The van der Waals surface area contributed by atoms with Crippen LogP contribution in [0.2, 0.25) is 0 Å².